The van der Waals surface area contributed by atoms with Gasteiger partial charge in [-0.05, 0) is 39.0 Å². The van der Waals surface area contributed by atoms with E-state index in [9.17, 15) is 14.7 Å². The highest BCUT2D eigenvalue weighted by molar-refractivity contribution is 5.82. The van der Waals surface area contributed by atoms with E-state index in [1.165, 1.54) is 7.11 Å². The second-order valence-electron chi connectivity index (χ2n) is 6.85. The van der Waals surface area contributed by atoms with Crippen LogP contribution in [0.25, 0.3) is 0 Å². The fourth-order valence-electron chi connectivity index (χ4n) is 3.47. The summed E-state index contributed by atoms with van der Waals surface area (Å²) in [7, 11) is 1.49. The van der Waals surface area contributed by atoms with Crippen molar-refractivity contribution in [3.05, 3.63) is 0 Å². The van der Waals surface area contributed by atoms with Crippen LogP contribution >= 0.6 is 0 Å². The monoisotopic (exact) mass is 343 g/mol. The molecule has 0 aromatic carbocycles. The highest BCUT2D eigenvalue weighted by atomic mass is 16.5. The largest absolute Gasteiger partial charge is 0.481 e. The second kappa shape index (κ2) is 8.78. The number of piperidine rings is 1. The first-order chi connectivity index (χ1) is 11.5. The Balaban J connectivity index is 1.88. The number of ether oxygens (including phenoxy) is 3. The lowest BCUT2D eigenvalue weighted by Crippen LogP contribution is -2.54. The predicted molar refractivity (Wildman–Crippen MR) is 86.8 cm³/mol. The highest BCUT2D eigenvalue weighted by Gasteiger charge is 2.44. The molecule has 2 heterocycles. The molecule has 0 bridgehead atoms. The standard InChI is InChI=1S/C17H29NO6/c1-13(24-10-14-6-3-4-9-23-14)15(19)18-8-5-7-17(11-18,12-22-2)16(20)21/h13-14H,3-12H2,1-2H3,(H,20,21). The zero-order valence-electron chi connectivity index (χ0n) is 14.7. The third-order valence-electron chi connectivity index (χ3n) is 4.92. The third kappa shape index (κ3) is 4.68. The van der Waals surface area contributed by atoms with Gasteiger partial charge in [-0.1, -0.05) is 0 Å². The maximum Gasteiger partial charge on any atom is 0.313 e. The van der Waals surface area contributed by atoms with E-state index in [0.717, 1.165) is 25.9 Å². The van der Waals surface area contributed by atoms with Crippen LogP contribution in [0, 0.1) is 5.41 Å². The summed E-state index contributed by atoms with van der Waals surface area (Å²) in [6, 6.07) is 0. The van der Waals surface area contributed by atoms with Gasteiger partial charge < -0.3 is 24.2 Å². The smallest absolute Gasteiger partial charge is 0.313 e. The number of hydrogen-bond donors (Lipinski definition) is 1. The molecule has 0 aromatic heterocycles. The van der Waals surface area contributed by atoms with E-state index in [1.807, 2.05) is 0 Å². The maximum absolute atomic E-state index is 12.6. The molecule has 0 aliphatic carbocycles. The van der Waals surface area contributed by atoms with Gasteiger partial charge in [0.05, 0.1) is 19.3 Å². The zero-order chi connectivity index (χ0) is 17.6. The van der Waals surface area contributed by atoms with Crippen molar-refractivity contribution in [2.75, 3.05) is 40.0 Å². The van der Waals surface area contributed by atoms with Gasteiger partial charge >= 0.3 is 5.97 Å². The molecule has 2 fully saturated rings. The van der Waals surface area contributed by atoms with Crippen LogP contribution in [0.3, 0.4) is 0 Å². The molecule has 3 atom stereocenters. The van der Waals surface area contributed by atoms with Crippen LogP contribution < -0.4 is 0 Å². The first-order valence-electron chi connectivity index (χ1n) is 8.73. The van der Waals surface area contributed by atoms with Gasteiger partial charge in [0.1, 0.15) is 11.5 Å². The number of carbonyl (C=O) groups is 2. The SMILES string of the molecule is COCC1(C(=O)O)CCCN(C(=O)C(C)OCC2CCCCO2)C1. The average Bonchev–Trinajstić information content (AvgIpc) is 2.60. The van der Waals surface area contributed by atoms with E-state index in [4.69, 9.17) is 14.2 Å². The molecule has 7 nitrogen and oxygen atoms in total. The molecule has 1 amide bonds. The van der Waals surface area contributed by atoms with Crippen molar-refractivity contribution < 1.29 is 28.9 Å². The fourth-order valence-corrected chi connectivity index (χ4v) is 3.47. The van der Waals surface area contributed by atoms with Crippen molar-refractivity contribution in [3.8, 4) is 0 Å². The summed E-state index contributed by atoms with van der Waals surface area (Å²) in [5.41, 5.74) is -1.02. The summed E-state index contributed by atoms with van der Waals surface area (Å²) in [4.78, 5) is 25.9. The molecule has 2 saturated heterocycles. The Bertz CT molecular complexity index is 433. The van der Waals surface area contributed by atoms with Crippen molar-refractivity contribution in [1.29, 1.82) is 0 Å². The minimum absolute atomic E-state index is 0.0574. The quantitative estimate of drug-likeness (QED) is 0.750. The number of methoxy groups -OCH3 is 1. The van der Waals surface area contributed by atoms with Crippen molar-refractivity contribution in [2.24, 2.45) is 5.41 Å². The molecule has 0 saturated carbocycles. The molecule has 2 aliphatic heterocycles. The van der Waals surface area contributed by atoms with Crippen LogP contribution in [0.5, 0.6) is 0 Å². The number of nitrogens with zero attached hydrogens (tertiary/aromatic N) is 1. The van der Waals surface area contributed by atoms with E-state index in [-0.39, 0.29) is 25.2 Å². The van der Waals surface area contributed by atoms with Crippen LogP contribution in [-0.4, -0.2) is 74.1 Å². The minimum Gasteiger partial charge on any atom is -0.481 e. The molecule has 0 radical (unpaired) electrons. The van der Waals surface area contributed by atoms with Crippen molar-refractivity contribution >= 4 is 11.9 Å². The lowest BCUT2D eigenvalue weighted by atomic mass is 9.80. The number of carboxylic acids is 1. The molecule has 1 N–H and O–H groups in total. The first kappa shape index (κ1) is 19.1. The lowest BCUT2D eigenvalue weighted by molar-refractivity contribution is -0.162. The van der Waals surface area contributed by atoms with E-state index >= 15 is 0 Å². The second-order valence-corrected chi connectivity index (χ2v) is 6.85. The number of carboxylic acid groups (broad SMARTS) is 1. The number of rotatable bonds is 7. The number of aliphatic carboxylic acids is 1. The Labute approximate surface area is 143 Å². The van der Waals surface area contributed by atoms with Gasteiger partial charge in [-0.2, -0.15) is 0 Å². The highest BCUT2D eigenvalue weighted by Crippen LogP contribution is 2.31. The third-order valence-corrected chi connectivity index (χ3v) is 4.92. The van der Waals surface area contributed by atoms with Crippen molar-refractivity contribution in [1.82, 2.24) is 4.90 Å². The van der Waals surface area contributed by atoms with E-state index in [1.54, 1.807) is 11.8 Å². The topological polar surface area (TPSA) is 85.3 Å². The van der Waals surface area contributed by atoms with Crippen LogP contribution in [-0.2, 0) is 23.8 Å². The molecule has 0 aromatic rings. The van der Waals surface area contributed by atoms with Crippen molar-refractivity contribution in [2.45, 2.75) is 51.2 Å². The van der Waals surface area contributed by atoms with E-state index in [0.29, 0.717) is 26.0 Å². The average molecular weight is 343 g/mol. The lowest BCUT2D eigenvalue weighted by Gasteiger charge is -2.40. The molecular formula is C17H29NO6. The number of carbonyl (C=O) groups excluding carboxylic acids is 1. The van der Waals surface area contributed by atoms with Crippen molar-refractivity contribution in [3.63, 3.8) is 0 Å². The normalized spacial score (nSPS) is 29.2. The molecule has 3 unspecified atom stereocenters. The van der Waals surface area contributed by atoms with Gasteiger partial charge in [0, 0.05) is 26.8 Å². The van der Waals surface area contributed by atoms with Crippen LogP contribution in [0.15, 0.2) is 0 Å². The molecule has 138 valence electrons. The molecule has 2 rings (SSSR count). The van der Waals surface area contributed by atoms with Crippen LogP contribution in [0.4, 0.5) is 0 Å². The predicted octanol–water partition coefficient (Wildman–Crippen LogP) is 1.30. The Morgan fingerprint density at radius 1 is 1.38 bits per heavy atom. The Morgan fingerprint density at radius 2 is 2.17 bits per heavy atom. The molecule has 7 heteroatoms. The van der Waals surface area contributed by atoms with Gasteiger partial charge in [-0.25, -0.2) is 0 Å². The van der Waals surface area contributed by atoms with E-state index < -0.39 is 17.5 Å². The van der Waals surface area contributed by atoms with Gasteiger partial charge in [0.25, 0.3) is 5.91 Å². The molecular weight excluding hydrogens is 314 g/mol. The zero-order valence-corrected chi connectivity index (χ0v) is 14.7. The number of amides is 1. The summed E-state index contributed by atoms with van der Waals surface area (Å²) in [6.45, 7) is 3.72. The summed E-state index contributed by atoms with van der Waals surface area (Å²) in [5.74, 6) is -1.07. The Kier molecular flexibility index (Phi) is 7.01. The fraction of sp³-hybridized carbons (Fsp3) is 0.882. The van der Waals surface area contributed by atoms with E-state index in [2.05, 4.69) is 0 Å². The Hall–Kier alpha value is -1.18. The van der Waals surface area contributed by atoms with Gasteiger partial charge in [0.15, 0.2) is 0 Å². The first-order valence-corrected chi connectivity index (χ1v) is 8.73. The summed E-state index contributed by atoms with van der Waals surface area (Å²) >= 11 is 0. The molecule has 2 aliphatic rings. The summed E-state index contributed by atoms with van der Waals surface area (Å²) in [5, 5.41) is 9.57. The van der Waals surface area contributed by atoms with Gasteiger partial charge in [-0.15, -0.1) is 0 Å². The molecule has 24 heavy (non-hydrogen) atoms. The van der Waals surface area contributed by atoms with Crippen LogP contribution in [0.2, 0.25) is 0 Å². The van der Waals surface area contributed by atoms with Gasteiger partial charge in [-0.3, -0.25) is 9.59 Å². The van der Waals surface area contributed by atoms with Gasteiger partial charge in [0.2, 0.25) is 0 Å². The number of likely N-dealkylation sites (tertiary alicyclic amines) is 1. The number of hydrogen-bond acceptors (Lipinski definition) is 5. The minimum atomic E-state index is -1.02. The summed E-state index contributed by atoms with van der Waals surface area (Å²) < 4.78 is 16.4. The van der Waals surface area contributed by atoms with Crippen LogP contribution in [0.1, 0.15) is 39.0 Å². The summed E-state index contributed by atoms with van der Waals surface area (Å²) in [6.07, 6.45) is 3.80. The molecule has 0 spiro atoms. The maximum atomic E-state index is 12.6. The Morgan fingerprint density at radius 3 is 2.79 bits per heavy atom.